The van der Waals surface area contributed by atoms with Gasteiger partial charge in [-0.15, -0.1) is 0 Å². The van der Waals surface area contributed by atoms with Crippen LogP contribution >= 0.6 is 0 Å². The summed E-state index contributed by atoms with van der Waals surface area (Å²) < 4.78 is 16.9. The van der Waals surface area contributed by atoms with Crippen LogP contribution in [0.2, 0.25) is 0 Å². The highest BCUT2D eigenvalue weighted by molar-refractivity contribution is 6.01. The molecule has 0 aromatic carbocycles. The molecule has 0 spiro atoms. The van der Waals surface area contributed by atoms with Crippen LogP contribution in [0.15, 0.2) is 23.8 Å². The summed E-state index contributed by atoms with van der Waals surface area (Å²) in [6.07, 6.45) is 4.44. The molecule has 0 aliphatic heterocycles. The molecule has 0 radical (unpaired) electrons. The minimum absolute atomic E-state index is 0.0676. The van der Waals surface area contributed by atoms with Crippen LogP contribution in [-0.4, -0.2) is 50.9 Å². The number of hydrogen-bond donors (Lipinski definition) is 3. The molecule has 5 nitrogen and oxygen atoms in total. The Kier molecular flexibility index (Phi) is 4.15. The molecule has 154 valence electrons. The van der Waals surface area contributed by atoms with Gasteiger partial charge in [-0.3, -0.25) is 9.59 Å². The fourth-order valence-electron chi connectivity index (χ4n) is 7.26. The lowest BCUT2D eigenvalue weighted by Gasteiger charge is -2.62. The summed E-state index contributed by atoms with van der Waals surface area (Å²) in [7, 11) is 0. The van der Waals surface area contributed by atoms with E-state index in [2.05, 4.69) is 0 Å². The van der Waals surface area contributed by atoms with Crippen molar-refractivity contribution in [1.82, 2.24) is 0 Å². The second kappa shape index (κ2) is 5.83. The molecule has 0 aromatic rings. The first-order valence-corrected chi connectivity index (χ1v) is 10.1. The van der Waals surface area contributed by atoms with Gasteiger partial charge in [-0.25, -0.2) is 4.39 Å². The van der Waals surface area contributed by atoms with E-state index in [0.717, 1.165) is 0 Å². The molecule has 8 atom stereocenters. The SMILES string of the molecule is C[C@H]1C[C@H]2[C@@H]3CCC4=CC(=O)C=C[C@]4(C)C3(F)C(O)C[C@]2(C)[C@@]1(O)C(=O)CO. The van der Waals surface area contributed by atoms with Crippen molar-refractivity contribution in [2.75, 3.05) is 6.61 Å². The van der Waals surface area contributed by atoms with E-state index in [1.165, 1.54) is 12.2 Å². The third-order valence-electron chi connectivity index (χ3n) is 8.79. The Morgan fingerprint density at radius 2 is 2.00 bits per heavy atom. The summed E-state index contributed by atoms with van der Waals surface area (Å²) >= 11 is 0. The number of hydrogen-bond acceptors (Lipinski definition) is 5. The zero-order valence-corrected chi connectivity index (χ0v) is 16.6. The molecule has 3 saturated carbocycles. The quantitative estimate of drug-likeness (QED) is 0.667. The lowest BCUT2D eigenvalue weighted by atomic mass is 9.44. The van der Waals surface area contributed by atoms with Crippen molar-refractivity contribution in [2.45, 2.75) is 63.8 Å². The minimum Gasteiger partial charge on any atom is -0.390 e. The van der Waals surface area contributed by atoms with E-state index in [9.17, 15) is 24.9 Å². The summed E-state index contributed by atoms with van der Waals surface area (Å²) in [5.74, 6) is -2.12. The zero-order valence-electron chi connectivity index (χ0n) is 16.6. The van der Waals surface area contributed by atoms with Gasteiger partial charge in [0.2, 0.25) is 0 Å². The number of aliphatic hydroxyl groups is 3. The lowest BCUT2D eigenvalue weighted by Crippen LogP contribution is -2.69. The van der Waals surface area contributed by atoms with Gasteiger partial charge in [0.05, 0.1) is 6.10 Å². The Morgan fingerprint density at radius 1 is 1.32 bits per heavy atom. The number of carbonyl (C=O) groups is 2. The minimum atomic E-state index is -1.98. The van der Waals surface area contributed by atoms with Crippen molar-refractivity contribution in [1.29, 1.82) is 0 Å². The molecule has 0 saturated heterocycles. The smallest absolute Gasteiger partial charge is 0.190 e. The first-order valence-electron chi connectivity index (χ1n) is 10.1. The van der Waals surface area contributed by atoms with Gasteiger partial charge in [0.15, 0.2) is 17.2 Å². The zero-order chi connectivity index (χ0) is 20.7. The number of fused-ring (bicyclic) bond motifs is 5. The standard InChI is InChI=1S/C22H29FO5/c1-12-8-16-15-5-4-13-9-14(25)6-7-19(13,2)21(15,23)17(26)10-20(16,3)22(12,28)18(27)11-24/h6-7,9,12,15-17,24,26,28H,4-5,8,10-11H2,1-3H3/t12-,15-,16-,17?,19-,20-,21?,22-/m0/s1. The Labute approximate surface area is 164 Å². The van der Waals surface area contributed by atoms with Crippen molar-refractivity contribution in [3.05, 3.63) is 23.8 Å². The molecule has 0 aromatic heterocycles. The first-order chi connectivity index (χ1) is 13.0. The van der Waals surface area contributed by atoms with Gasteiger partial charge in [0.25, 0.3) is 0 Å². The predicted octanol–water partition coefficient (Wildman–Crippen LogP) is 1.90. The average Bonchev–Trinajstić information content (AvgIpc) is 2.84. The van der Waals surface area contributed by atoms with E-state index in [-0.39, 0.29) is 18.1 Å². The van der Waals surface area contributed by atoms with Gasteiger partial charge in [0, 0.05) is 16.7 Å². The van der Waals surface area contributed by atoms with Crippen LogP contribution < -0.4 is 0 Å². The molecule has 0 heterocycles. The van der Waals surface area contributed by atoms with Crippen LogP contribution in [0.3, 0.4) is 0 Å². The third kappa shape index (κ3) is 2.01. The van der Waals surface area contributed by atoms with Crippen LogP contribution in [-0.2, 0) is 9.59 Å². The van der Waals surface area contributed by atoms with E-state index in [1.54, 1.807) is 26.8 Å². The second-order valence-electron chi connectivity index (χ2n) is 9.75. The molecular weight excluding hydrogens is 363 g/mol. The van der Waals surface area contributed by atoms with Crippen LogP contribution in [0, 0.1) is 28.6 Å². The number of Topliss-reactive ketones (excluding diaryl/α,β-unsaturated/α-hetero) is 1. The Bertz CT molecular complexity index is 805. The van der Waals surface area contributed by atoms with E-state index in [0.29, 0.717) is 24.8 Å². The Hall–Kier alpha value is -1.37. The monoisotopic (exact) mass is 392 g/mol. The second-order valence-corrected chi connectivity index (χ2v) is 9.75. The number of aliphatic hydroxyl groups excluding tert-OH is 2. The molecule has 3 N–H and O–H groups in total. The lowest BCUT2D eigenvalue weighted by molar-refractivity contribution is -0.219. The number of alkyl halides is 1. The number of allylic oxidation sites excluding steroid dienone is 4. The highest BCUT2D eigenvalue weighted by atomic mass is 19.1. The number of halogens is 1. The average molecular weight is 392 g/mol. The van der Waals surface area contributed by atoms with Crippen molar-refractivity contribution in [3.63, 3.8) is 0 Å². The molecule has 4 aliphatic carbocycles. The van der Waals surface area contributed by atoms with E-state index >= 15 is 4.39 Å². The van der Waals surface area contributed by atoms with Gasteiger partial charge < -0.3 is 15.3 Å². The van der Waals surface area contributed by atoms with E-state index in [1.807, 2.05) is 0 Å². The highest BCUT2D eigenvalue weighted by Crippen LogP contribution is 2.70. The van der Waals surface area contributed by atoms with Crippen molar-refractivity contribution in [2.24, 2.45) is 28.6 Å². The molecule has 3 fully saturated rings. The summed E-state index contributed by atoms with van der Waals surface area (Å²) in [6.45, 7) is 4.48. The van der Waals surface area contributed by atoms with Gasteiger partial charge in [-0.2, -0.15) is 0 Å². The normalized spacial score (nSPS) is 52.5. The summed E-state index contributed by atoms with van der Waals surface area (Å²) in [5, 5.41) is 32.0. The van der Waals surface area contributed by atoms with Crippen LogP contribution in [0.25, 0.3) is 0 Å². The summed E-state index contributed by atoms with van der Waals surface area (Å²) in [4.78, 5) is 24.4. The molecule has 4 aliphatic rings. The van der Waals surface area contributed by atoms with Gasteiger partial charge in [0.1, 0.15) is 12.2 Å². The van der Waals surface area contributed by atoms with E-state index < -0.39 is 52.4 Å². The van der Waals surface area contributed by atoms with Crippen molar-refractivity contribution >= 4 is 11.6 Å². The molecule has 2 unspecified atom stereocenters. The maximum absolute atomic E-state index is 16.9. The number of ketones is 2. The first kappa shape index (κ1) is 19.9. The van der Waals surface area contributed by atoms with Gasteiger partial charge in [-0.05, 0) is 56.6 Å². The predicted molar refractivity (Wildman–Crippen MR) is 99.9 cm³/mol. The highest BCUT2D eigenvalue weighted by Gasteiger charge is 2.75. The molecular formula is C22H29FO5. The fraction of sp³-hybridized carbons (Fsp3) is 0.727. The Morgan fingerprint density at radius 3 is 2.64 bits per heavy atom. The largest absolute Gasteiger partial charge is 0.390 e. The fourth-order valence-corrected chi connectivity index (χ4v) is 7.26. The number of carbonyl (C=O) groups excluding carboxylic acids is 2. The third-order valence-corrected chi connectivity index (χ3v) is 8.79. The summed E-state index contributed by atoms with van der Waals surface area (Å²) in [6, 6.07) is 0. The Balaban J connectivity index is 1.84. The molecule has 0 amide bonds. The molecule has 6 heteroatoms. The van der Waals surface area contributed by atoms with E-state index in [4.69, 9.17) is 0 Å². The van der Waals surface area contributed by atoms with Crippen LogP contribution in [0.5, 0.6) is 0 Å². The van der Waals surface area contributed by atoms with Gasteiger partial charge >= 0.3 is 0 Å². The van der Waals surface area contributed by atoms with Crippen LogP contribution in [0.1, 0.15) is 46.5 Å². The maximum Gasteiger partial charge on any atom is 0.190 e. The molecule has 0 bridgehead atoms. The molecule has 4 rings (SSSR count). The van der Waals surface area contributed by atoms with Crippen LogP contribution in [0.4, 0.5) is 4.39 Å². The maximum atomic E-state index is 16.9. The topological polar surface area (TPSA) is 94.8 Å². The molecule has 28 heavy (non-hydrogen) atoms. The van der Waals surface area contributed by atoms with Crippen molar-refractivity contribution in [3.8, 4) is 0 Å². The van der Waals surface area contributed by atoms with Gasteiger partial charge in [-0.1, -0.05) is 25.5 Å². The van der Waals surface area contributed by atoms with Crippen molar-refractivity contribution < 1.29 is 29.3 Å². The summed E-state index contributed by atoms with van der Waals surface area (Å²) in [5.41, 5.74) is -5.17. The number of rotatable bonds is 2.